The molecule has 0 radical (unpaired) electrons. The number of hydrogen-bond acceptors (Lipinski definition) is 4. The Hall–Kier alpha value is -1.09. The molecule has 0 aliphatic carbocycles. The molecular weight excluding hydrogens is 315 g/mol. The lowest BCUT2D eigenvalue weighted by Gasteiger charge is -2.22. The maximum atomic E-state index is 13.8. The van der Waals surface area contributed by atoms with Gasteiger partial charge in [-0.3, -0.25) is 0 Å². The van der Waals surface area contributed by atoms with E-state index in [2.05, 4.69) is 0 Å². The van der Waals surface area contributed by atoms with Crippen molar-refractivity contribution in [3.63, 3.8) is 0 Å². The number of halogens is 1. The minimum atomic E-state index is -3.88. The van der Waals surface area contributed by atoms with E-state index in [1.165, 1.54) is 16.4 Å². The van der Waals surface area contributed by atoms with Crippen molar-refractivity contribution < 1.29 is 17.5 Å². The van der Waals surface area contributed by atoms with E-state index in [4.69, 9.17) is 22.7 Å². The highest BCUT2D eigenvalue weighted by Crippen LogP contribution is 2.22. The minimum Gasteiger partial charge on any atom is -0.389 e. The van der Waals surface area contributed by atoms with Crippen LogP contribution in [-0.2, 0) is 14.8 Å². The van der Waals surface area contributed by atoms with E-state index >= 15 is 0 Å². The average Bonchev–Trinajstić information content (AvgIpc) is 2.42. The molecule has 0 aromatic heterocycles. The Bertz CT molecular complexity index is 605. The van der Waals surface area contributed by atoms with Gasteiger partial charge in [0.05, 0.1) is 17.1 Å². The second-order valence-electron chi connectivity index (χ2n) is 4.17. The van der Waals surface area contributed by atoms with E-state index in [9.17, 15) is 12.8 Å². The molecule has 1 aromatic rings. The smallest absolute Gasteiger partial charge is 0.243 e. The molecule has 2 N–H and O–H groups in total. The van der Waals surface area contributed by atoms with Crippen LogP contribution >= 0.6 is 12.2 Å². The number of thiocarbonyl (C=S) groups is 1. The van der Waals surface area contributed by atoms with Gasteiger partial charge >= 0.3 is 0 Å². The van der Waals surface area contributed by atoms with Crippen molar-refractivity contribution in [3.8, 4) is 0 Å². The summed E-state index contributed by atoms with van der Waals surface area (Å²) < 4.78 is 45.5. The summed E-state index contributed by atoms with van der Waals surface area (Å²) in [7, 11) is -3.88. The molecule has 0 bridgehead atoms. The fourth-order valence-corrected chi connectivity index (χ4v) is 3.78. The highest BCUT2D eigenvalue weighted by Gasteiger charge is 2.28. The first-order chi connectivity index (χ1) is 9.86. The Morgan fingerprint density at radius 1 is 1.43 bits per heavy atom. The lowest BCUT2D eigenvalue weighted by molar-refractivity contribution is 0.135. The first-order valence-corrected chi connectivity index (χ1v) is 8.37. The number of nitrogens with two attached hydrogens (primary N) is 1. The molecule has 0 amide bonds. The fraction of sp³-hybridized carbons (Fsp3) is 0.462. The van der Waals surface area contributed by atoms with Gasteiger partial charge in [-0.15, -0.1) is 0 Å². The molecule has 0 fully saturated rings. The fourth-order valence-electron chi connectivity index (χ4n) is 1.86. The molecule has 0 unspecified atom stereocenters. The van der Waals surface area contributed by atoms with Gasteiger partial charge in [0.15, 0.2) is 0 Å². The first-order valence-electron chi connectivity index (χ1n) is 6.52. The summed E-state index contributed by atoms with van der Waals surface area (Å²) in [5.41, 5.74) is 5.21. The second-order valence-corrected chi connectivity index (χ2v) is 6.52. The monoisotopic (exact) mass is 334 g/mol. The third-order valence-corrected chi connectivity index (χ3v) is 5.10. The highest BCUT2D eigenvalue weighted by molar-refractivity contribution is 7.89. The maximum Gasteiger partial charge on any atom is 0.243 e. The quantitative estimate of drug-likeness (QED) is 0.576. The van der Waals surface area contributed by atoms with Crippen LogP contribution in [-0.4, -0.2) is 44.0 Å². The number of rotatable bonds is 8. The van der Waals surface area contributed by atoms with Crippen LogP contribution in [0.1, 0.15) is 19.4 Å². The van der Waals surface area contributed by atoms with Gasteiger partial charge < -0.3 is 10.5 Å². The summed E-state index contributed by atoms with van der Waals surface area (Å²) in [5, 5.41) is 0. The van der Waals surface area contributed by atoms with Crippen LogP contribution in [0.3, 0.4) is 0 Å². The zero-order valence-corrected chi connectivity index (χ0v) is 13.6. The van der Waals surface area contributed by atoms with Crippen molar-refractivity contribution in [2.45, 2.75) is 18.7 Å². The summed E-state index contributed by atoms with van der Waals surface area (Å²) in [6.07, 6.45) is 0. The number of benzene rings is 1. The molecule has 0 aliphatic rings. The molecule has 1 rings (SSSR count). The van der Waals surface area contributed by atoms with Crippen LogP contribution in [0.5, 0.6) is 0 Å². The van der Waals surface area contributed by atoms with Gasteiger partial charge in [0.2, 0.25) is 10.0 Å². The van der Waals surface area contributed by atoms with Crippen LogP contribution in [0.15, 0.2) is 23.1 Å². The van der Waals surface area contributed by atoms with E-state index in [0.29, 0.717) is 6.61 Å². The predicted molar refractivity (Wildman–Crippen MR) is 83.2 cm³/mol. The average molecular weight is 334 g/mol. The number of nitrogens with zero attached hydrogens (tertiary/aromatic N) is 1. The van der Waals surface area contributed by atoms with E-state index < -0.39 is 15.8 Å². The van der Waals surface area contributed by atoms with Crippen LogP contribution < -0.4 is 5.73 Å². The molecule has 21 heavy (non-hydrogen) atoms. The van der Waals surface area contributed by atoms with Gasteiger partial charge in [0, 0.05) is 19.7 Å². The SMILES string of the molecule is CCOCCN(CC)S(=O)(=O)c1cccc(F)c1C(N)=S. The zero-order chi connectivity index (χ0) is 16.0. The van der Waals surface area contributed by atoms with E-state index in [0.717, 1.165) is 6.07 Å². The first kappa shape index (κ1) is 18.0. The summed E-state index contributed by atoms with van der Waals surface area (Å²) in [6, 6.07) is 3.75. The second kappa shape index (κ2) is 7.79. The Balaban J connectivity index is 3.23. The van der Waals surface area contributed by atoms with Crippen molar-refractivity contribution in [2.24, 2.45) is 5.73 Å². The number of ether oxygens (including phenoxy) is 1. The number of hydrogen-bond donors (Lipinski definition) is 1. The van der Waals surface area contributed by atoms with Crippen molar-refractivity contribution in [3.05, 3.63) is 29.6 Å². The normalized spacial score (nSPS) is 11.8. The summed E-state index contributed by atoms with van der Waals surface area (Å²) >= 11 is 4.77. The molecule has 0 aliphatic heterocycles. The van der Waals surface area contributed by atoms with Crippen LogP contribution in [0.25, 0.3) is 0 Å². The van der Waals surface area contributed by atoms with Gasteiger partial charge in [0.1, 0.15) is 10.8 Å². The molecule has 0 saturated carbocycles. The third-order valence-electron chi connectivity index (χ3n) is 2.88. The minimum absolute atomic E-state index is 0.181. The van der Waals surface area contributed by atoms with E-state index in [1.807, 2.05) is 6.92 Å². The standard InChI is InChI=1S/C13H19FN2O3S2/c1-3-16(8-9-19-4-2)21(17,18)11-7-5-6-10(14)12(11)13(15)20/h5-7H,3-4,8-9H2,1-2H3,(H2,15,20). The number of likely N-dealkylation sites (N-methyl/N-ethyl adjacent to an activating group) is 1. The highest BCUT2D eigenvalue weighted by atomic mass is 32.2. The Morgan fingerprint density at radius 3 is 2.62 bits per heavy atom. The van der Waals surface area contributed by atoms with Crippen molar-refractivity contribution in [1.82, 2.24) is 4.31 Å². The third kappa shape index (κ3) is 4.19. The van der Waals surface area contributed by atoms with Crippen LogP contribution in [0, 0.1) is 5.82 Å². The molecule has 118 valence electrons. The van der Waals surface area contributed by atoms with Gasteiger partial charge in [-0.05, 0) is 19.1 Å². The molecule has 0 saturated heterocycles. The Morgan fingerprint density at radius 2 is 2.10 bits per heavy atom. The topological polar surface area (TPSA) is 72.6 Å². The summed E-state index contributed by atoms with van der Waals surface area (Å²) in [4.78, 5) is -0.499. The summed E-state index contributed by atoms with van der Waals surface area (Å²) in [6.45, 7) is 4.70. The van der Waals surface area contributed by atoms with Crippen LogP contribution in [0.4, 0.5) is 4.39 Å². The van der Waals surface area contributed by atoms with Gasteiger partial charge in [-0.1, -0.05) is 25.2 Å². The van der Waals surface area contributed by atoms with Crippen molar-refractivity contribution in [1.29, 1.82) is 0 Å². The zero-order valence-electron chi connectivity index (χ0n) is 12.0. The predicted octanol–water partition coefficient (Wildman–Crippen LogP) is 1.51. The molecule has 5 nitrogen and oxygen atoms in total. The number of sulfonamides is 1. The van der Waals surface area contributed by atoms with E-state index in [-0.39, 0.29) is 35.1 Å². The van der Waals surface area contributed by atoms with Gasteiger partial charge in [0.25, 0.3) is 0 Å². The molecule has 0 atom stereocenters. The molecular formula is C13H19FN2O3S2. The summed E-state index contributed by atoms with van der Waals surface area (Å²) in [5.74, 6) is -0.746. The van der Waals surface area contributed by atoms with Gasteiger partial charge in [-0.2, -0.15) is 4.31 Å². The van der Waals surface area contributed by atoms with Crippen molar-refractivity contribution in [2.75, 3.05) is 26.3 Å². The Kier molecular flexibility index (Phi) is 6.66. The van der Waals surface area contributed by atoms with Gasteiger partial charge in [-0.25, -0.2) is 12.8 Å². The van der Waals surface area contributed by atoms with Crippen LogP contribution in [0.2, 0.25) is 0 Å². The molecule has 0 spiro atoms. The lowest BCUT2D eigenvalue weighted by Crippen LogP contribution is -2.35. The van der Waals surface area contributed by atoms with Crippen molar-refractivity contribution >= 4 is 27.2 Å². The largest absolute Gasteiger partial charge is 0.389 e. The molecule has 8 heteroatoms. The Labute approximate surface area is 129 Å². The maximum absolute atomic E-state index is 13.8. The van der Waals surface area contributed by atoms with E-state index in [1.54, 1.807) is 6.92 Å². The lowest BCUT2D eigenvalue weighted by atomic mass is 10.2. The molecule has 0 heterocycles. The molecule has 1 aromatic carbocycles.